The summed E-state index contributed by atoms with van der Waals surface area (Å²) >= 11 is 0. The molecule has 0 atom stereocenters. The summed E-state index contributed by atoms with van der Waals surface area (Å²) in [5, 5.41) is 2.73. The molecule has 0 heterocycles. The molecule has 0 aromatic rings. The van der Waals surface area contributed by atoms with E-state index in [4.69, 9.17) is 47.4 Å². The highest BCUT2D eigenvalue weighted by atomic mass is 16.6. The van der Waals surface area contributed by atoms with Crippen LogP contribution in [-0.4, -0.2) is 139 Å². The Labute approximate surface area is 215 Å². The number of alkyl carbamates (subject to hydrolysis) is 1. The average molecular weight is 526 g/mol. The fourth-order valence-corrected chi connectivity index (χ4v) is 2.58. The van der Waals surface area contributed by atoms with Crippen LogP contribution in [0.15, 0.2) is 0 Å². The smallest absolute Gasteiger partial charge is 0.407 e. The molecule has 214 valence electrons. The highest BCUT2D eigenvalue weighted by molar-refractivity contribution is 5.67. The first-order valence-corrected chi connectivity index (χ1v) is 12.8. The van der Waals surface area contributed by atoms with E-state index in [-0.39, 0.29) is 12.7 Å². The zero-order chi connectivity index (χ0) is 25.8. The second kappa shape index (κ2) is 27.0. The van der Waals surface area contributed by atoms with E-state index in [0.29, 0.717) is 125 Å². The number of carbonyl (C=O) groups is 1. The largest absolute Gasteiger partial charge is 0.447 e. The Kier molecular flexibility index (Phi) is 24.7. The van der Waals surface area contributed by atoms with Gasteiger partial charge in [-0.15, -0.1) is 0 Å². The summed E-state index contributed by atoms with van der Waals surface area (Å²) in [4.78, 5) is 11.4. The van der Waals surface area contributed by atoms with E-state index in [1.54, 1.807) is 7.11 Å². The van der Waals surface area contributed by atoms with Crippen molar-refractivity contribution in [2.75, 3.05) is 133 Å². The van der Waals surface area contributed by atoms with Gasteiger partial charge in [-0.2, -0.15) is 0 Å². The molecule has 1 rings (SSSR count). The van der Waals surface area contributed by atoms with E-state index in [0.717, 1.165) is 0 Å². The normalized spacial score (nSPS) is 13.2. The van der Waals surface area contributed by atoms with Gasteiger partial charge in [0, 0.05) is 13.7 Å². The fraction of sp³-hybridized carbons (Fsp3) is 0.958. The van der Waals surface area contributed by atoms with Crippen LogP contribution in [-0.2, 0) is 47.4 Å². The van der Waals surface area contributed by atoms with Crippen LogP contribution in [0.5, 0.6) is 0 Å². The maximum absolute atomic E-state index is 11.4. The summed E-state index contributed by atoms with van der Waals surface area (Å²) < 4.78 is 53.0. The lowest BCUT2D eigenvalue weighted by Crippen LogP contribution is -2.27. The van der Waals surface area contributed by atoms with Crippen LogP contribution in [0, 0.1) is 5.92 Å². The average Bonchev–Trinajstić information content (AvgIpc) is 3.71. The molecule has 1 aliphatic carbocycles. The van der Waals surface area contributed by atoms with Crippen LogP contribution in [0.4, 0.5) is 4.79 Å². The summed E-state index contributed by atoms with van der Waals surface area (Å²) in [6.45, 7) is 9.59. The first kappa shape index (κ1) is 32.9. The minimum atomic E-state index is -0.380. The van der Waals surface area contributed by atoms with E-state index in [1.165, 1.54) is 12.8 Å². The van der Waals surface area contributed by atoms with E-state index >= 15 is 0 Å². The van der Waals surface area contributed by atoms with Gasteiger partial charge in [-0.05, 0) is 18.8 Å². The van der Waals surface area contributed by atoms with Gasteiger partial charge >= 0.3 is 6.09 Å². The molecule has 0 bridgehead atoms. The van der Waals surface area contributed by atoms with E-state index in [2.05, 4.69) is 5.32 Å². The number of amides is 1. The van der Waals surface area contributed by atoms with Gasteiger partial charge < -0.3 is 52.7 Å². The lowest BCUT2D eigenvalue weighted by molar-refractivity contribution is -0.0250. The van der Waals surface area contributed by atoms with Crippen molar-refractivity contribution in [3.63, 3.8) is 0 Å². The van der Waals surface area contributed by atoms with Crippen LogP contribution in [0.2, 0.25) is 0 Å². The van der Waals surface area contributed by atoms with E-state index < -0.39 is 0 Å². The molecule has 36 heavy (non-hydrogen) atoms. The number of hydrogen-bond acceptors (Lipinski definition) is 11. The Hall–Kier alpha value is -1.09. The van der Waals surface area contributed by atoms with Crippen molar-refractivity contribution >= 4 is 6.09 Å². The molecule has 0 saturated heterocycles. The predicted molar refractivity (Wildman–Crippen MR) is 131 cm³/mol. The zero-order valence-electron chi connectivity index (χ0n) is 21.9. The maximum atomic E-state index is 11.4. The quantitative estimate of drug-likeness (QED) is 0.140. The molecule has 1 amide bonds. The van der Waals surface area contributed by atoms with Gasteiger partial charge in [0.05, 0.1) is 112 Å². The third kappa shape index (κ3) is 26.0. The van der Waals surface area contributed by atoms with Gasteiger partial charge in [-0.3, -0.25) is 0 Å². The topological polar surface area (TPSA) is 121 Å². The van der Waals surface area contributed by atoms with Crippen molar-refractivity contribution in [1.82, 2.24) is 5.32 Å². The van der Waals surface area contributed by atoms with Crippen molar-refractivity contribution in [1.29, 1.82) is 0 Å². The third-order valence-electron chi connectivity index (χ3n) is 4.73. The molecule has 1 fully saturated rings. The van der Waals surface area contributed by atoms with Crippen LogP contribution in [0.1, 0.15) is 12.8 Å². The summed E-state index contributed by atoms with van der Waals surface area (Å²) in [6.07, 6.45) is 2.01. The monoisotopic (exact) mass is 525 g/mol. The molecule has 12 heteroatoms. The summed E-state index contributed by atoms with van der Waals surface area (Å²) in [5.74, 6) is 0.638. The second-order valence-electron chi connectivity index (χ2n) is 7.85. The molecule has 0 unspecified atom stereocenters. The highest BCUT2D eigenvalue weighted by Gasteiger charge is 2.21. The zero-order valence-corrected chi connectivity index (χ0v) is 21.9. The Balaban J connectivity index is 1.61. The van der Waals surface area contributed by atoms with Gasteiger partial charge in [0.1, 0.15) is 6.61 Å². The number of carbonyl (C=O) groups excluding carboxylic acids is 1. The minimum Gasteiger partial charge on any atom is -0.447 e. The lowest BCUT2D eigenvalue weighted by atomic mass is 10.4. The Morgan fingerprint density at radius 1 is 0.528 bits per heavy atom. The molecule has 1 aliphatic rings. The maximum Gasteiger partial charge on any atom is 0.407 e. The standard InChI is InChI=1S/C24H47NO11/c1-27-4-5-28-6-7-29-8-9-30-10-11-31-12-13-32-14-15-33-16-17-34-18-19-35-20-21-36-24(26)25-22-23-2-3-23/h23H,2-22H2,1H3,(H,25,26). The van der Waals surface area contributed by atoms with Gasteiger partial charge in [0.2, 0.25) is 0 Å². The summed E-state index contributed by atoms with van der Waals surface area (Å²) in [7, 11) is 1.64. The molecule has 0 aromatic carbocycles. The van der Waals surface area contributed by atoms with Crippen molar-refractivity contribution < 1.29 is 52.2 Å². The predicted octanol–water partition coefficient (Wildman–Crippen LogP) is 0.902. The Bertz CT molecular complexity index is 469. The van der Waals surface area contributed by atoms with Crippen molar-refractivity contribution in [3.05, 3.63) is 0 Å². The van der Waals surface area contributed by atoms with E-state index in [9.17, 15) is 4.79 Å². The van der Waals surface area contributed by atoms with Crippen molar-refractivity contribution in [2.24, 2.45) is 5.92 Å². The summed E-state index contributed by atoms with van der Waals surface area (Å²) in [6, 6.07) is 0. The van der Waals surface area contributed by atoms with E-state index in [1.807, 2.05) is 0 Å². The molecule has 0 radical (unpaired) electrons. The van der Waals surface area contributed by atoms with Gasteiger partial charge in [-0.1, -0.05) is 0 Å². The first-order valence-electron chi connectivity index (χ1n) is 12.8. The Morgan fingerprint density at radius 3 is 1.14 bits per heavy atom. The molecule has 12 nitrogen and oxygen atoms in total. The number of rotatable bonds is 29. The van der Waals surface area contributed by atoms with Crippen LogP contribution in [0.3, 0.4) is 0 Å². The van der Waals surface area contributed by atoms with Gasteiger partial charge in [0.25, 0.3) is 0 Å². The summed E-state index contributed by atoms with van der Waals surface area (Å²) in [5.41, 5.74) is 0. The Morgan fingerprint density at radius 2 is 0.833 bits per heavy atom. The van der Waals surface area contributed by atoms with Gasteiger partial charge in [0.15, 0.2) is 0 Å². The lowest BCUT2D eigenvalue weighted by Gasteiger charge is -2.09. The van der Waals surface area contributed by atoms with Crippen molar-refractivity contribution in [3.8, 4) is 0 Å². The van der Waals surface area contributed by atoms with Gasteiger partial charge in [-0.25, -0.2) is 4.79 Å². The number of nitrogens with one attached hydrogen (secondary N) is 1. The molecule has 1 saturated carbocycles. The van der Waals surface area contributed by atoms with Crippen LogP contribution < -0.4 is 5.32 Å². The third-order valence-corrected chi connectivity index (χ3v) is 4.73. The number of methoxy groups -OCH3 is 1. The highest BCUT2D eigenvalue weighted by Crippen LogP contribution is 2.27. The minimum absolute atomic E-state index is 0.237. The fourth-order valence-electron chi connectivity index (χ4n) is 2.58. The first-order chi connectivity index (χ1) is 17.8. The molecule has 1 N–H and O–H groups in total. The SMILES string of the molecule is COCCOCCOCCOCCOCCOCCOCCOCCOCCOC(=O)NCC1CC1. The molecule has 0 spiro atoms. The van der Waals surface area contributed by atoms with Crippen LogP contribution in [0.25, 0.3) is 0 Å². The number of ether oxygens (including phenoxy) is 10. The number of hydrogen-bond donors (Lipinski definition) is 1. The van der Waals surface area contributed by atoms with Crippen molar-refractivity contribution in [2.45, 2.75) is 12.8 Å². The molecule has 0 aliphatic heterocycles. The second-order valence-corrected chi connectivity index (χ2v) is 7.85. The molecule has 0 aromatic heterocycles. The van der Waals surface area contributed by atoms with Crippen LogP contribution >= 0.6 is 0 Å². The molecular weight excluding hydrogens is 478 g/mol. The molecular formula is C24H47NO11.